The van der Waals surface area contributed by atoms with Gasteiger partial charge in [0.05, 0.1) is 13.5 Å². The van der Waals surface area contributed by atoms with E-state index in [0.29, 0.717) is 18.4 Å². The second-order valence-electron chi connectivity index (χ2n) is 5.84. The summed E-state index contributed by atoms with van der Waals surface area (Å²) in [5.74, 6) is -2.74. The molecule has 1 aliphatic heterocycles. The Balaban J connectivity index is 1.91. The van der Waals surface area contributed by atoms with Crippen LogP contribution < -0.4 is 5.32 Å². The summed E-state index contributed by atoms with van der Waals surface area (Å²) < 4.78 is 30.8. The van der Waals surface area contributed by atoms with Crippen molar-refractivity contribution in [2.24, 2.45) is 0 Å². The number of ether oxygens (including phenoxy) is 1. The maximum Gasteiger partial charge on any atom is 0.307 e. The van der Waals surface area contributed by atoms with E-state index in [0.717, 1.165) is 12.1 Å². The van der Waals surface area contributed by atoms with Crippen molar-refractivity contribution in [1.82, 2.24) is 10.2 Å². The zero-order valence-corrected chi connectivity index (χ0v) is 13.9. The number of carbonyl (C=O) groups excluding carboxylic acids is 3. The van der Waals surface area contributed by atoms with Gasteiger partial charge in [0.15, 0.2) is 11.6 Å². The Hall–Kier alpha value is -2.51. The smallest absolute Gasteiger partial charge is 0.307 e. The molecule has 1 unspecified atom stereocenters. The highest BCUT2D eigenvalue weighted by molar-refractivity contribution is 5.82. The first-order valence-electron chi connectivity index (χ1n) is 7.97. The molecule has 136 valence electrons. The molecule has 2 rings (SSSR count). The molecule has 8 heteroatoms. The van der Waals surface area contributed by atoms with Crippen LogP contribution in [0.25, 0.3) is 0 Å². The van der Waals surface area contributed by atoms with Crippen LogP contribution in [0.2, 0.25) is 0 Å². The van der Waals surface area contributed by atoms with Gasteiger partial charge >= 0.3 is 5.97 Å². The lowest BCUT2D eigenvalue weighted by Gasteiger charge is -2.24. The highest BCUT2D eigenvalue weighted by atomic mass is 19.2. The van der Waals surface area contributed by atoms with Crippen molar-refractivity contribution in [1.29, 1.82) is 0 Å². The van der Waals surface area contributed by atoms with Crippen molar-refractivity contribution in [2.75, 3.05) is 13.7 Å². The van der Waals surface area contributed by atoms with Gasteiger partial charge in [-0.3, -0.25) is 14.4 Å². The van der Waals surface area contributed by atoms with Crippen molar-refractivity contribution in [3.63, 3.8) is 0 Å². The number of benzene rings is 1. The van der Waals surface area contributed by atoms with Crippen LogP contribution in [0.3, 0.4) is 0 Å². The van der Waals surface area contributed by atoms with E-state index in [4.69, 9.17) is 0 Å². The topological polar surface area (TPSA) is 75.7 Å². The van der Waals surface area contributed by atoms with E-state index in [1.807, 2.05) is 0 Å². The fraction of sp³-hybridized carbons (Fsp3) is 0.471. The fourth-order valence-corrected chi connectivity index (χ4v) is 2.75. The number of esters is 1. The maximum absolute atomic E-state index is 13.3. The van der Waals surface area contributed by atoms with Gasteiger partial charge in [-0.2, -0.15) is 0 Å². The van der Waals surface area contributed by atoms with E-state index >= 15 is 0 Å². The summed E-state index contributed by atoms with van der Waals surface area (Å²) in [5, 5.41) is 2.60. The largest absolute Gasteiger partial charge is 0.469 e. The third-order valence-electron chi connectivity index (χ3n) is 4.09. The number of likely N-dealkylation sites (tertiary alicyclic amines) is 1. The first-order chi connectivity index (χ1) is 11.9. The molecule has 0 aliphatic carbocycles. The summed E-state index contributed by atoms with van der Waals surface area (Å²) >= 11 is 0. The van der Waals surface area contributed by atoms with E-state index in [2.05, 4.69) is 10.1 Å². The first-order valence-corrected chi connectivity index (χ1v) is 7.97. The summed E-state index contributed by atoms with van der Waals surface area (Å²) in [7, 11) is 1.27. The third kappa shape index (κ3) is 5.23. The van der Waals surface area contributed by atoms with E-state index in [1.54, 1.807) is 0 Å². The normalized spacial score (nSPS) is 16.8. The summed E-state index contributed by atoms with van der Waals surface area (Å²) in [6.45, 7) is 0.283. The molecule has 0 saturated carbocycles. The van der Waals surface area contributed by atoms with E-state index < -0.39 is 17.6 Å². The molecule has 1 fully saturated rings. The lowest BCUT2D eigenvalue weighted by Crippen LogP contribution is -2.37. The average Bonchev–Trinajstić information content (AvgIpc) is 2.91. The third-order valence-corrected chi connectivity index (χ3v) is 4.09. The number of amides is 2. The van der Waals surface area contributed by atoms with E-state index in [1.165, 1.54) is 18.1 Å². The number of rotatable bonds is 7. The molecule has 0 radical (unpaired) electrons. The summed E-state index contributed by atoms with van der Waals surface area (Å²) in [5.41, 5.74) is 0.463. The lowest BCUT2D eigenvalue weighted by atomic mass is 10.1. The Morgan fingerprint density at radius 1 is 1.32 bits per heavy atom. The number of nitrogens with one attached hydrogen (secondary N) is 1. The van der Waals surface area contributed by atoms with Crippen LogP contribution in [0.15, 0.2) is 18.2 Å². The van der Waals surface area contributed by atoms with Gasteiger partial charge in [-0.15, -0.1) is 0 Å². The van der Waals surface area contributed by atoms with Gasteiger partial charge in [0.1, 0.15) is 0 Å². The number of carbonyl (C=O) groups is 3. The first kappa shape index (κ1) is 18.8. The molecule has 2 amide bonds. The maximum atomic E-state index is 13.3. The minimum atomic E-state index is -0.971. The van der Waals surface area contributed by atoms with Crippen molar-refractivity contribution in [2.45, 2.75) is 38.3 Å². The predicted molar refractivity (Wildman–Crippen MR) is 84.2 cm³/mol. The van der Waals surface area contributed by atoms with Crippen LogP contribution in [0.5, 0.6) is 0 Å². The Morgan fingerprint density at radius 2 is 2.08 bits per heavy atom. The number of halogens is 2. The molecule has 1 N–H and O–H groups in total. The summed E-state index contributed by atoms with van der Waals surface area (Å²) in [4.78, 5) is 36.5. The Morgan fingerprint density at radius 3 is 2.76 bits per heavy atom. The summed E-state index contributed by atoms with van der Waals surface area (Å²) in [6, 6.07) is 3.17. The minimum Gasteiger partial charge on any atom is -0.469 e. The molecule has 1 aromatic carbocycles. The molecule has 0 bridgehead atoms. The standard InChI is InChI=1S/C17H20F2N2O4/c1-25-17(24)6-7-20-15(22)9-12-3-5-16(23)21(12)10-11-2-4-13(18)14(19)8-11/h2,4,8,12H,3,5-7,9-10H2,1H3,(H,20,22). The van der Waals surface area contributed by atoms with Crippen molar-refractivity contribution >= 4 is 17.8 Å². The van der Waals surface area contributed by atoms with Crippen LogP contribution >= 0.6 is 0 Å². The Labute approximate surface area is 144 Å². The van der Waals surface area contributed by atoms with Gasteiger partial charge in [-0.1, -0.05) is 6.07 Å². The van der Waals surface area contributed by atoms with E-state index in [9.17, 15) is 23.2 Å². The zero-order chi connectivity index (χ0) is 18.4. The fourth-order valence-electron chi connectivity index (χ4n) is 2.75. The van der Waals surface area contributed by atoms with Crippen LogP contribution in [-0.2, 0) is 25.7 Å². The zero-order valence-electron chi connectivity index (χ0n) is 13.9. The van der Waals surface area contributed by atoms with Gasteiger partial charge in [-0.05, 0) is 24.1 Å². The minimum absolute atomic E-state index is 0.0738. The van der Waals surface area contributed by atoms with Gasteiger partial charge in [0, 0.05) is 32.0 Å². The van der Waals surface area contributed by atoms with Gasteiger partial charge < -0.3 is 15.0 Å². The molecule has 25 heavy (non-hydrogen) atoms. The highest BCUT2D eigenvalue weighted by Gasteiger charge is 2.32. The van der Waals surface area contributed by atoms with Crippen LogP contribution in [0.4, 0.5) is 8.78 Å². The quantitative estimate of drug-likeness (QED) is 0.754. The number of nitrogens with zero attached hydrogens (tertiary/aromatic N) is 1. The number of hydrogen-bond acceptors (Lipinski definition) is 4. The van der Waals surface area contributed by atoms with Gasteiger partial charge in [0.2, 0.25) is 11.8 Å². The molecular weight excluding hydrogens is 334 g/mol. The lowest BCUT2D eigenvalue weighted by molar-refractivity contribution is -0.140. The van der Waals surface area contributed by atoms with Gasteiger partial charge in [-0.25, -0.2) is 8.78 Å². The van der Waals surface area contributed by atoms with Crippen LogP contribution in [0.1, 0.15) is 31.2 Å². The van der Waals surface area contributed by atoms with Crippen LogP contribution in [0, 0.1) is 11.6 Å². The van der Waals surface area contributed by atoms with Crippen LogP contribution in [-0.4, -0.2) is 42.4 Å². The van der Waals surface area contributed by atoms with Crippen molar-refractivity contribution < 1.29 is 27.9 Å². The molecule has 1 heterocycles. The number of hydrogen-bond donors (Lipinski definition) is 1. The second kappa shape index (κ2) is 8.55. The highest BCUT2D eigenvalue weighted by Crippen LogP contribution is 2.24. The van der Waals surface area contributed by atoms with Crippen molar-refractivity contribution in [3.8, 4) is 0 Å². The number of methoxy groups -OCH3 is 1. The molecule has 0 spiro atoms. The SMILES string of the molecule is COC(=O)CCNC(=O)CC1CCC(=O)N1Cc1ccc(F)c(F)c1. The average molecular weight is 354 g/mol. The molecule has 1 saturated heterocycles. The molecular formula is C17H20F2N2O4. The monoisotopic (exact) mass is 354 g/mol. The predicted octanol–water partition coefficient (Wildman–Crippen LogP) is 1.53. The summed E-state index contributed by atoms with van der Waals surface area (Å²) in [6.07, 6.45) is 0.998. The molecule has 1 aliphatic rings. The second-order valence-corrected chi connectivity index (χ2v) is 5.84. The van der Waals surface area contributed by atoms with Crippen molar-refractivity contribution in [3.05, 3.63) is 35.4 Å². The Bertz CT molecular complexity index is 666. The Kier molecular flexibility index (Phi) is 6.44. The molecule has 1 aromatic rings. The van der Waals surface area contributed by atoms with Gasteiger partial charge in [0.25, 0.3) is 0 Å². The molecule has 0 aromatic heterocycles. The van der Waals surface area contributed by atoms with E-state index in [-0.39, 0.29) is 43.8 Å². The molecule has 6 nitrogen and oxygen atoms in total. The molecule has 1 atom stereocenters.